The van der Waals surface area contributed by atoms with Crippen LogP contribution in [-0.2, 0) is 0 Å². The fourth-order valence-corrected chi connectivity index (χ4v) is 1.81. The Morgan fingerprint density at radius 2 is 1.83 bits per heavy atom. The van der Waals surface area contributed by atoms with Crippen molar-refractivity contribution in [3.05, 3.63) is 46.5 Å². The van der Waals surface area contributed by atoms with E-state index in [2.05, 4.69) is 10.3 Å². The number of rotatable bonds is 3. The molecule has 18 heavy (non-hydrogen) atoms. The lowest BCUT2D eigenvalue weighted by Gasteiger charge is -2.09. The van der Waals surface area contributed by atoms with E-state index in [1.807, 2.05) is 51.2 Å². The number of pyridine rings is 1. The number of nitrogens with one attached hydrogen (secondary N) is 1. The lowest BCUT2D eigenvalue weighted by molar-refractivity contribution is 0.463. The number of ether oxygens (including phenoxy) is 1. The average Bonchev–Trinajstić information content (AvgIpc) is 2.36. The Balaban J connectivity index is 2.28. The van der Waals surface area contributed by atoms with Crippen molar-refractivity contribution in [2.75, 3.05) is 12.4 Å². The number of halogens is 1. The molecule has 1 aromatic carbocycles. The van der Waals surface area contributed by atoms with Crippen LogP contribution in [0.3, 0.4) is 0 Å². The molecule has 0 saturated carbocycles. The zero-order valence-corrected chi connectivity index (χ0v) is 11.4. The van der Waals surface area contributed by atoms with Gasteiger partial charge in [0.15, 0.2) is 0 Å². The number of hydrogen-bond donors (Lipinski definition) is 1. The number of aromatic nitrogens is 1. The van der Waals surface area contributed by atoms with Gasteiger partial charge in [0, 0.05) is 18.1 Å². The molecule has 0 saturated heterocycles. The summed E-state index contributed by atoms with van der Waals surface area (Å²) in [5, 5.41) is 3.75. The van der Waals surface area contributed by atoms with Crippen molar-refractivity contribution in [3.63, 3.8) is 0 Å². The molecule has 4 heteroatoms. The van der Waals surface area contributed by atoms with Crippen LogP contribution in [0.2, 0.25) is 5.02 Å². The first-order valence-corrected chi connectivity index (χ1v) is 6.07. The maximum Gasteiger partial charge on any atom is 0.221 e. The Kier molecular flexibility index (Phi) is 3.72. The largest absolute Gasteiger partial charge is 0.439 e. The van der Waals surface area contributed by atoms with E-state index in [0.29, 0.717) is 5.88 Å². The Bertz CT molecular complexity index is 546. The summed E-state index contributed by atoms with van der Waals surface area (Å²) in [5.41, 5.74) is 1.99. The van der Waals surface area contributed by atoms with Crippen molar-refractivity contribution < 1.29 is 4.74 Å². The highest BCUT2D eigenvalue weighted by Crippen LogP contribution is 2.28. The van der Waals surface area contributed by atoms with Gasteiger partial charge in [-0.05, 0) is 43.2 Å². The van der Waals surface area contributed by atoms with Crippen molar-refractivity contribution in [2.45, 2.75) is 13.8 Å². The van der Waals surface area contributed by atoms with Crippen molar-refractivity contribution in [2.24, 2.45) is 0 Å². The zero-order valence-electron chi connectivity index (χ0n) is 10.6. The van der Waals surface area contributed by atoms with E-state index in [0.717, 1.165) is 27.7 Å². The third-order valence-corrected chi connectivity index (χ3v) is 3.21. The molecule has 2 aromatic rings. The van der Waals surface area contributed by atoms with Gasteiger partial charge in [-0.3, -0.25) is 0 Å². The molecule has 2 rings (SSSR count). The van der Waals surface area contributed by atoms with Gasteiger partial charge in [0.25, 0.3) is 0 Å². The summed E-state index contributed by atoms with van der Waals surface area (Å²) in [5.74, 6) is 2.08. The number of benzene rings is 1. The van der Waals surface area contributed by atoms with Gasteiger partial charge in [-0.1, -0.05) is 17.7 Å². The first-order chi connectivity index (χ1) is 8.60. The SMILES string of the molecule is CNc1cccc(Oc2cc(C)c(Cl)c(C)c2)n1. The van der Waals surface area contributed by atoms with Gasteiger partial charge in [0.1, 0.15) is 11.6 Å². The molecule has 0 spiro atoms. The second kappa shape index (κ2) is 5.27. The summed E-state index contributed by atoms with van der Waals surface area (Å²) < 4.78 is 5.73. The molecular formula is C14H15ClN2O. The van der Waals surface area contributed by atoms with Crippen LogP contribution in [0.4, 0.5) is 5.82 Å². The molecule has 0 fully saturated rings. The first-order valence-electron chi connectivity index (χ1n) is 5.69. The van der Waals surface area contributed by atoms with Crippen molar-refractivity contribution in [1.82, 2.24) is 4.98 Å². The van der Waals surface area contributed by atoms with Gasteiger partial charge in [0.2, 0.25) is 5.88 Å². The molecule has 3 nitrogen and oxygen atoms in total. The van der Waals surface area contributed by atoms with Crippen LogP contribution in [0.15, 0.2) is 30.3 Å². The van der Waals surface area contributed by atoms with Crippen LogP contribution >= 0.6 is 11.6 Å². The molecule has 0 atom stereocenters. The summed E-state index contributed by atoms with van der Waals surface area (Å²) >= 11 is 6.12. The van der Waals surface area contributed by atoms with Gasteiger partial charge < -0.3 is 10.1 Å². The second-order valence-corrected chi connectivity index (χ2v) is 4.46. The molecule has 0 aliphatic carbocycles. The molecule has 0 bridgehead atoms. The molecule has 1 aromatic heterocycles. The summed E-state index contributed by atoms with van der Waals surface area (Å²) in [4.78, 5) is 4.30. The molecule has 0 unspecified atom stereocenters. The highest BCUT2D eigenvalue weighted by Gasteiger charge is 2.05. The molecule has 1 heterocycles. The number of anilines is 1. The number of nitrogens with zero attached hydrogens (tertiary/aromatic N) is 1. The van der Waals surface area contributed by atoms with Gasteiger partial charge >= 0.3 is 0 Å². The minimum Gasteiger partial charge on any atom is -0.439 e. The third kappa shape index (κ3) is 2.74. The molecule has 0 aliphatic rings. The second-order valence-electron chi connectivity index (χ2n) is 4.08. The van der Waals surface area contributed by atoms with Gasteiger partial charge in [-0.15, -0.1) is 0 Å². The van der Waals surface area contributed by atoms with Crippen LogP contribution in [-0.4, -0.2) is 12.0 Å². The standard InChI is InChI=1S/C14H15ClN2O/c1-9-7-11(8-10(2)14(9)15)18-13-6-4-5-12(16-3)17-13/h4-8H,1-3H3,(H,16,17). The van der Waals surface area contributed by atoms with Gasteiger partial charge in [0.05, 0.1) is 0 Å². The topological polar surface area (TPSA) is 34.1 Å². The lowest BCUT2D eigenvalue weighted by atomic mass is 10.1. The van der Waals surface area contributed by atoms with E-state index in [1.54, 1.807) is 0 Å². The first kappa shape index (κ1) is 12.7. The average molecular weight is 263 g/mol. The molecule has 94 valence electrons. The van der Waals surface area contributed by atoms with E-state index < -0.39 is 0 Å². The van der Waals surface area contributed by atoms with Crippen LogP contribution in [0, 0.1) is 13.8 Å². The molecule has 1 N–H and O–H groups in total. The lowest BCUT2D eigenvalue weighted by Crippen LogP contribution is -1.94. The van der Waals surface area contributed by atoms with E-state index in [9.17, 15) is 0 Å². The number of aryl methyl sites for hydroxylation is 2. The van der Waals surface area contributed by atoms with Crippen LogP contribution in [0.5, 0.6) is 11.6 Å². The summed E-state index contributed by atoms with van der Waals surface area (Å²) in [7, 11) is 1.82. The van der Waals surface area contributed by atoms with Crippen LogP contribution < -0.4 is 10.1 Å². The van der Waals surface area contributed by atoms with Gasteiger partial charge in [-0.25, -0.2) is 0 Å². The van der Waals surface area contributed by atoms with Crippen molar-refractivity contribution in [1.29, 1.82) is 0 Å². The maximum atomic E-state index is 6.12. The highest BCUT2D eigenvalue weighted by atomic mass is 35.5. The van der Waals surface area contributed by atoms with Crippen molar-refractivity contribution in [3.8, 4) is 11.6 Å². The summed E-state index contributed by atoms with van der Waals surface area (Å²) in [6, 6.07) is 9.40. The molecular weight excluding hydrogens is 248 g/mol. The zero-order chi connectivity index (χ0) is 13.1. The predicted molar refractivity (Wildman–Crippen MR) is 74.8 cm³/mol. The van der Waals surface area contributed by atoms with E-state index in [-0.39, 0.29) is 0 Å². The van der Waals surface area contributed by atoms with E-state index >= 15 is 0 Å². The summed E-state index contributed by atoms with van der Waals surface area (Å²) in [6.45, 7) is 3.92. The molecule has 0 amide bonds. The Labute approximate surface area is 112 Å². The van der Waals surface area contributed by atoms with Gasteiger partial charge in [-0.2, -0.15) is 4.98 Å². The predicted octanol–water partition coefficient (Wildman–Crippen LogP) is 4.19. The van der Waals surface area contributed by atoms with Crippen LogP contribution in [0.25, 0.3) is 0 Å². The Morgan fingerprint density at radius 1 is 1.17 bits per heavy atom. The minimum absolute atomic E-state index is 0.558. The fraction of sp³-hybridized carbons (Fsp3) is 0.214. The summed E-state index contributed by atoms with van der Waals surface area (Å²) in [6.07, 6.45) is 0. The normalized spacial score (nSPS) is 10.2. The van der Waals surface area contributed by atoms with E-state index in [4.69, 9.17) is 16.3 Å². The van der Waals surface area contributed by atoms with E-state index in [1.165, 1.54) is 0 Å². The number of hydrogen-bond acceptors (Lipinski definition) is 3. The van der Waals surface area contributed by atoms with Crippen LogP contribution in [0.1, 0.15) is 11.1 Å². The third-order valence-electron chi connectivity index (χ3n) is 2.61. The quantitative estimate of drug-likeness (QED) is 0.901. The Hall–Kier alpha value is -1.74. The monoisotopic (exact) mass is 262 g/mol. The highest BCUT2D eigenvalue weighted by molar-refractivity contribution is 6.32. The maximum absolute atomic E-state index is 6.12. The molecule has 0 aliphatic heterocycles. The van der Waals surface area contributed by atoms with Crippen molar-refractivity contribution >= 4 is 17.4 Å². The smallest absolute Gasteiger partial charge is 0.221 e. The Morgan fingerprint density at radius 3 is 2.44 bits per heavy atom. The molecule has 0 radical (unpaired) electrons. The fourth-order valence-electron chi connectivity index (χ4n) is 1.70. The minimum atomic E-state index is 0.558.